The number of nitrogens with one attached hydrogen (secondary N) is 1. The third-order valence-electron chi connectivity index (χ3n) is 4.38. The van der Waals surface area contributed by atoms with Crippen molar-refractivity contribution in [2.24, 2.45) is 5.92 Å². The first kappa shape index (κ1) is 13.9. The van der Waals surface area contributed by atoms with Gasteiger partial charge in [-0.05, 0) is 29.5 Å². The lowest BCUT2D eigenvalue weighted by atomic mass is 10.1. The molecule has 0 aliphatic carbocycles. The first-order valence-corrected chi connectivity index (χ1v) is 8.01. The molecule has 0 saturated carbocycles. The fraction of sp³-hybridized carbons (Fsp3) is 0.647. The Labute approximate surface area is 123 Å². The quantitative estimate of drug-likeness (QED) is 0.909. The third kappa shape index (κ3) is 3.33. The molecule has 1 N–H and O–H groups in total. The van der Waals surface area contributed by atoms with Crippen LogP contribution in [0.1, 0.15) is 25.0 Å². The molecule has 2 heterocycles. The summed E-state index contributed by atoms with van der Waals surface area (Å²) in [7, 11) is 0. The molecule has 0 atom stereocenters. The van der Waals surface area contributed by atoms with Crippen molar-refractivity contribution in [2.75, 3.05) is 44.6 Å². The van der Waals surface area contributed by atoms with Gasteiger partial charge in [-0.3, -0.25) is 4.90 Å². The van der Waals surface area contributed by atoms with E-state index in [1.807, 2.05) is 0 Å². The minimum absolute atomic E-state index is 0.782. The van der Waals surface area contributed by atoms with E-state index in [0.717, 1.165) is 19.0 Å². The van der Waals surface area contributed by atoms with E-state index in [9.17, 15) is 0 Å². The van der Waals surface area contributed by atoms with Crippen molar-refractivity contribution < 1.29 is 0 Å². The van der Waals surface area contributed by atoms with Gasteiger partial charge in [-0.15, -0.1) is 0 Å². The second-order valence-corrected chi connectivity index (χ2v) is 6.64. The van der Waals surface area contributed by atoms with Crippen LogP contribution in [0, 0.1) is 5.92 Å². The zero-order valence-electron chi connectivity index (χ0n) is 12.9. The van der Waals surface area contributed by atoms with Crippen LogP contribution < -0.4 is 5.32 Å². The molecule has 1 fully saturated rings. The van der Waals surface area contributed by atoms with Crippen molar-refractivity contribution in [3.63, 3.8) is 0 Å². The largest absolute Gasteiger partial charge is 0.384 e. The van der Waals surface area contributed by atoms with Crippen molar-refractivity contribution in [3.05, 3.63) is 29.3 Å². The number of piperazine rings is 1. The lowest BCUT2D eigenvalue weighted by Gasteiger charge is -2.35. The van der Waals surface area contributed by atoms with Gasteiger partial charge in [0.05, 0.1) is 0 Å². The van der Waals surface area contributed by atoms with Crippen LogP contribution in [0.25, 0.3) is 0 Å². The Kier molecular flexibility index (Phi) is 4.27. The molecule has 110 valence electrons. The molecular weight excluding hydrogens is 246 g/mol. The molecule has 3 nitrogen and oxygen atoms in total. The highest BCUT2D eigenvalue weighted by Gasteiger charge is 2.18. The Morgan fingerprint density at radius 2 is 1.85 bits per heavy atom. The minimum atomic E-state index is 0.782. The molecule has 20 heavy (non-hydrogen) atoms. The molecule has 2 aliphatic heterocycles. The highest BCUT2D eigenvalue weighted by Crippen LogP contribution is 2.24. The maximum atomic E-state index is 3.48. The average Bonchev–Trinajstić information content (AvgIpc) is 2.88. The monoisotopic (exact) mass is 273 g/mol. The van der Waals surface area contributed by atoms with E-state index < -0.39 is 0 Å². The normalized spacial score (nSPS) is 20.1. The molecule has 0 amide bonds. The number of benzene rings is 1. The summed E-state index contributed by atoms with van der Waals surface area (Å²) in [6, 6.07) is 6.97. The van der Waals surface area contributed by atoms with E-state index in [0.29, 0.717) is 0 Å². The van der Waals surface area contributed by atoms with Crippen LogP contribution >= 0.6 is 0 Å². The molecule has 0 spiro atoms. The zero-order chi connectivity index (χ0) is 13.9. The van der Waals surface area contributed by atoms with Crippen LogP contribution in [0.4, 0.5) is 5.69 Å². The van der Waals surface area contributed by atoms with E-state index in [2.05, 4.69) is 47.2 Å². The number of rotatable bonds is 4. The van der Waals surface area contributed by atoms with Gasteiger partial charge >= 0.3 is 0 Å². The Bertz CT molecular complexity index is 448. The number of nitrogens with zero attached hydrogens (tertiary/aromatic N) is 2. The molecule has 3 rings (SSSR count). The van der Waals surface area contributed by atoms with E-state index in [4.69, 9.17) is 0 Å². The molecule has 0 unspecified atom stereocenters. The van der Waals surface area contributed by atoms with Crippen LogP contribution in [0.5, 0.6) is 0 Å². The summed E-state index contributed by atoms with van der Waals surface area (Å²) in [5, 5.41) is 3.48. The molecule has 1 aromatic carbocycles. The van der Waals surface area contributed by atoms with Crippen molar-refractivity contribution >= 4 is 5.69 Å². The summed E-state index contributed by atoms with van der Waals surface area (Å²) in [6.45, 7) is 12.9. The van der Waals surface area contributed by atoms with Gasteiger partial charge in [-0.2, -0.15) is 0 Å². The van der Waals surface area contributed by atoms with Crippen LogP contribution in [0.3, 0.4) is 0 Å². The average molecular weight is 273 g/mol. The number of anilines is 1. The Morgan fingerprint density at radius 1 is 1.10 bits per heavy atom. The van der Waals surface area contributed by atoms with E-state index in [-0.39, 0.29) is 0 Å². The third-order valence-corrected chi connectivity index (χ3v) is 4.38. The summed E-state index contributed by atoms with van der Waals surface area (Å²) in [6.07, 6.45) is 1.18. The summed E-state index contributed by atoms with van der Waals surface area (Å²) in [4.78, 5) is 5.19. The SMILES string of the molecule is CC(C)CN1CCN(Cc2ccc3c(c2)NCC3)CC1. The van der Waals surface area contributed by atoms with Gasteiger partial charge in [-0.25, -0.2) is 0 Å². The molecule has 1 saturated heterocycles. The van der Waals surface area contributed by atoms with E-state index in [1.54, 1.807) is 0 Å². The molecule has 0 radical (unpaired) electrons. The van der Waals surface area contributed by atoms with E-state index in [1.165, 1.54) is 56.0 Å². The molecular formula is C17H27N3. The maximum absolute atomic E-state index is 3.48. The zero-order valence-corrected chi connectivity index (χ0v) is 12.9. The second kappa shape index (κ2) is 6.15. The minimum Gasteiger partial charge on any atom is -0.384 e. The Morgan fingerprint density at radius 3 is 2.60 bits per heavy atom. The lowest BCUT2D eigenvalue weighted by molar-refractivity contribution is 0.117. The van der Waals surface area contributed by atoms with Crippen LogP contribution in [-0.2, 0) is 13.0 Å². The van der Waals surface area contributed by atoms with Gasteiger partial charge in [0.25, 0.3) is 0 Å². The van der Waals surface area contributed by atoms with Gasteiger partial charge in [0.1, 0.15) is 0 Å². The summed E-state index contributed by atoms with van der Waals surface area (Å²) < 4.78 is 0. The van der Waals surface area contributed by atoms with Crippen molar-refractivity contribution in [2.45, 2.75) is 26.8 Å². The van der Waals surface area contributed by atoms with Gasteiger partial charge in [0.15, 0.2) is 0 Å². The molecule has 0 aromatic heterocycles. The number of fused-ring (bicyclic) bond motifs is 1. The molecule has 3 heteroatoms. The van der Waals surface area contributed by atoms with Crippen molar-refractivity contribution in [3.8, 4) is 0 Å². The topological polar surface area (TPSA) is 18.5 Å². The Hall–Kier alpha value is -1.06. The van der Waals surface area contributed by atoms with Crippen LogP contribution in [0.15, 0.2) is 18.2 Å². The van der Waals surface area contributed by atoms with Gasteiger partial charge in [0.2, 0.25) is 0 Å². The first-order chi connectivity index (χ1) is 9.70. The lowest BCUT2D eigenvalue weighted by Crippen LogP contribution is -2.46. The fourth-order valence-corrected chi connectivity index (χ4v) is 3.34. The summed E-state index contributed by atoms with van der Waals surface area (Å²) in [5.41, 5.74) is 4.30. The highest BCUT2D eigenvalue weighted by molar-refractivity contribution is 5.57. The molecule has 1 aromatic rings. The maximum Gasteiger partial charge on any atom is 0.0376 e. The number of hydrogen-bond donors (Lipinski definition) is 1. The van der Waals surface area contributed by atoms with Crippen LogP contribution in [0.2, 0.25) is 0 Å². The van der Waals surface area contributed by atoms with Crippen molar-refractivity contribution in [1.82, 2.24) is 9.80 Å². The van der Waals surface area contributed by atoms with Crippen molar-refractivity contribution in [1.29, 1.82) is 0 Å². The van der Waals surface area contributed by atoms with Crippen LogP contribution in [-0.4, -0.2) is 49.1 Å². The first-order valence-electron chi connectivity index (χ1n) is 8.01. The van der Waals surface area contributed by atoms with Gasteiger partial charge < -0.3 is 10.2 Å². The van der Waals surface area contributed by atoms with Gasteiger partial charge in [0, 0.05) is 51.5 Å². The predicted molar refractivity (Wildman–Crippen MR) is 85.2 cm³/mol. The second-order valence-electron chi connectivity index (χ2n) is 6.64. The Balaban J connectivity index is 1.52. The van der Waals surface area contributed by atoms with Gasteiger partial charge in [-0.1, -0.05) is 26.0 Å². The molecule has 2 aliphatic rings. The highest BCUT2D eigenvalue weighted by atomic mass is 15.3. The smallest absolute Gasteiger partial charge is 0.0376 e. The number of hydrogen-bond acceptors (Lipinski definition) is 3. The predicted octanol–water partition coefficient (Wildman–Crippen LogP) is 2.43. The standard InChI is InChI=1S/C17H27N3/c1-14(2)12-19-7-9-20(10-8-19)13-15-3-4-16-5-6-18-17(16)11-15/h3-4,11,14,18H,5-10,12-13H2,1-2H3. The summed E-state index contributed by atoms with van der Waals surface area (Å²) >= 11 is 0. The summed E-state index contributed by atoms with van der Waals surface area (Å²) in [5.74, 6) is 0.782. The molecule has 0 bridgehead atoms. The fourth-order valence-electron chi connectivity index (χ4n) is 3.34. The van der Waals surface area contributed by atoms with E-state index >= 15 is 0 Å².